The van der Waals surface area contributed by atoms with Crippen molar-refractivity contribution in [1.29, 1.82) is 0 Å². The number of hydrogen-bond acceptors (Lipinski definition) is 3. The fourth-order valence-electron chi connectivity index (χ4n) is 1.42. The van der Waals surface area contributed by atoms with Crippen LogP contribution in [0.2, 0.25) is 0 Å². The summed E-state index contributed by atoms with van der Waals surface area (Å²) >= 11 is 5.67. The molecule has 1 aliphatic rings. The summed E-state index contributed by atoms with van der Waals surface area (Å²) in [6.07, 6.45) is 3.94. The van der Waals surface area contributed by atoms with Gasteiger partial charge in [0.2, 0.25) is 0 Å². The summed E-state index contributed by atoms with van der Waals surface area (Å²) in [7, 11) is 0. The molecule has 3 nitrogen and oxygen atoms in total. The van der Waals surface area contributed by atoms with Crippen LogP contribution in [0.25, 0.3) is 0 Å². The van der Waals surface area contributed by atoms with Crippen molar-refractivity contribution in [2.75, 3.05) is 6.61 Å². The monoisotopic (exact) mass is 198 g/mol. The molecule has 0 aromatic carbocycles. The molecular formula is C9H11ClN2O. The van der Waals surface area contributed by atoms with Crippen molar-refractivity contribution in [2.24, 2.45) is 0 Å². The molecule has 0 bridgehead atoms. The van der Waals surface area contributed by atoms with Crippen LogP contribution >= 0.6 is 11.6 Å². The second-order valence-electron chi connectivity index (χ2n) is 3.04. The summed E-state index contributed by atoms with van der Waals surface area (Å²) in [6.45, 7) is 0.819. The molecule has 1 aliphatic heterocycles. The van der Waals surface area contributed by atoms with Crippen molar-refractivity contribution in [3.05, 3.63) is 23.8 Å². The third-order valence-electron chi connectivity index (χ3n) is 2.09. The zero-order chi connectivity index (χ0) is 9.10. The number of ether oxygens (including phenoxy) is 1. The van der Waals surface area contributed by atoms with E-state index in [-0.39, 0.29) is 6.10 Å². The molecule has 0 spiro atoms. The molecule has 1 unspecified atom stereocenters. The number of halogens is 1. The van der Waals surface area contributed by atoms with E-state index in [1.54, 1.807) is 6.20 Å². The van der Waals surface area contributed by atoms with Gasteiger partial charge >= 0.3 is 0 Å². The highest BCUT2D eigenvalue weighted by Gasteiger charge is 2.20. The molecule has 1 aromatic heterocycles. The maximum atomic E-state index is 5.67. The second kappa shape index (κ2) is 4.03. The Bertz CT molecular complexity index is 287. The van der Waals surface area contributed by atoms with Crippen LogP contribution in [0, 0.1) is 0 Å². The zero-order valence-electron chi connectivity index (χ0n) is 7.24. The Hall–Kier alpha value is -0.670. The van der Waals surface area contributed by atoms with Gasteiger partial charge in [0.25, 0.3) is 0 Å². The van der Waals surface area contributed by atoms with Crippen LogP contribution in [0.15, 0.2) is 12.3 Å². The minimum Gasteiger partial charge on any atom is -0.370 e. The standard InChI is InChI=1S/C9H11ClN2O/c10-6-7-3-4-11-9(12-7)8-2-1-5-13-8/h3-4,8H,1-2,5-6H2. The minimum absolute atomic E-state index is 0.0863. The van der Waals surface area contributed by atoms with E-state index in [1.807, 2.05) is 6.07 Å². The van der Waals surface area contributed by atoms with Gasteiger partial charge in [0.15, 0.2) is 5.82 Å². The summed E-state index contributed by atoms with van der Waals surface area (Å²) in [5.41, 5.74) is 0.863. The van der Waals surface area contributed by atoms with Crippen molar-refractivity contribution in [1.82, 2.24) is 9.97 Å². The SMILES string of the molecule is ClCc1ccnc(C2CCCO2)n1. The van der Waals surface area contributed by atoms with Gasteiger partial charge in [0, 0.05) is 12.8 Å². The van der Waals surface area contributed by atoms with Gasteiger partial charge in [0.05, 0.1) is 11.6 Å². The van der Waals surface area contributed by atoms with Crippen LogP contribution in [-0.2, 0) is 10.6 Å². The number of nitrogens with zero attached hydrogens (tertiary/aromatic N) is 2. The molecule has 0 N–H and O–H groups in total. The predicted octanol–water partition coefficient (Wildman–Crippen LogP) is 2.07. The Morgan fingerprint density at radius 3 is 3.23 bits per heavy atom. The molecule has 1 fully saturated rings. The highest BCUT2D eigenvalue weighted by molar-refractivity contribution is 6.16. The molecule has 70 valence electrons. The Labute approximate surface area is 82.1 Å². The van der Waals surface area contributed by atoms with Gasteiger partial charge in [-0.1, -0.05) is 0 Å². The molecule has 0 amide bonds. The molecule has 13 heavy (non-hydrogen) atoms. The lowest BCUT2D eigenvalue weighted by atomic mass is 10.2. The van der Waals surface area contributed by atoms with E-state index in [9.17, 15) is 0 Å². The normalized spacial score (nSPS) is 22.1. The van der Waals surface area contributed by atoms with Crippen LogP contribution in [0.4, 0.5) is 0 Å². The third-order valence-corrected chi connectivity index (χ3v) is 2.36. The molecule has 1 aromatic rings. The molecule has 0 saturated carbocycles. The number of hydrogen-bond donors (Lipinski definition) is 0. The summed E-state index contributed by atoms with van der Waals surface area (Å²) in [5, 5.41) is 0. The van der Waals surface area contributed by atoms with Crippen molar-refractivity contribution in [3.8, 4) is 0 Å². The van der Waals surface area contributed by atoms with E-state index in [0.717, 1.165) is 31.0 Å². The fraction of sp³-hybridized carbons (Fsp3) is 0.556. The average molecular weight is 199 g/mol. The molecular weight excluding hydrogens is 188 g/mol. The molecule has 2 rings (SSSR count). The van der Waals surface area contributed by atoms with Crippen LogP contribution in [-0.4, -0.2) is 16.6 Å². The fourth-order valence-corrected chi connectivity index (χ4v) is 1.57. The maximum absolute atomic E-state index is 5.67. The molecule has 1 atom stereocenters. The van der Waals surface area contributed by atoms with Gasteiger partial charge < -0.3 is 4.74 Å². The Kier molecular flexibility index (Phi) is 2.76. The molecule has 0 aliphatic carbocycles. The van der Waals surface area contributed by atoms with Crippen LogP contribution in [0.3, 0.4) is 0 Å². The average Bonchev–Trinajstić information content (AvgIpc) is 2.71. The molecule has 4 heteroatoms. The van der Waals surface area contributed by atoms with E-state index in [0.29, 0.717) is 5.88 Å². The first kappa shape index (κ1) is 8.91. The van der Waals surface area contributed by atoms with Crippen molar-refractivity contribution < 1.29 is 4.74 Å². The molecule has 0 radical (unpaired) electrons. The van der Waals surface area contributed by atoms with Gasteiger partial charge in [0.1, 0.15) is 6.10 Å². The Balaban J connectivity index is 2.18. The largest absolute Gasteiger partial charge is 0.370 e. The van der Waals surface area contributed by atoms with Gasteiger partial charge in [-0.25, -0.2) is 9.97 Å². The molecule has 1 saturated heterocycles. The lowest BCUT2D eigenvalue weighted by molar-refractivity contribution is 0.105. The highest BCUT2D eigenvalue weighted by Crippen LogP contribution is 2.25. The van der Waals surface area contributed by atoms with Crippen LogP contribution < -0.4 is 0 Å². The minimum atomic E-state index is 0.0863. The van der Waals surface area contributed by atoms with Gasteiger partial charge in [-0.05, 0) is 18.9 Å². The maximum Gasteiger partial charge on any atom is 0.157 e. The van der Waals surface area contributed by atoms with Crippen molar-refractivity contribution >= 4 is 11.6 Å². The van der Waals surface area contributed by atoms with E-state index in [4.69, 9.17) is 16.3 Å². The highest BCUT2D eigenvalue weighted by atomic mass is 35.5. The van der Waals surface area contributed by atoms with E-state index in [1.165, 1.54) is 0 Å². The summed E-state index contributed by atoms with van der Waals surface area (Å²) in [5.74, 6) is 1.21. The lowest BCUT2D eigenvalue weighted by Crippen LogP contribution is -2.03. The van der Waals surface area contributed by atoms with Gasteiger partial charge in [-0.2, -0.15) is 0 Å². The first-order chi connectivity index (χ1) is 6.40. The first-order valence-electron chi connectivity index (χ1n) is 4.39. The zero-order valence-corrected chi connectivity index (χ0v) is 8.00. The number of rotatable bonds is 2. The van der Waals surface area contributed by atoms with E-state index in [2.05, 4.69) is 9.97 Å². The Morgan fingerprint density at radius 2 is 2.54 bits per heavy atom. The smallest absolute Gasteiger partial charge is 0.157 e. The molecule has 2 heterocycles. The second-order valence-corrected chi connectivity index (χ2v) is 3.31. The quantitative estimate of drug-likeness (QED) is 0.683. The van der Waals surface area contributed by atoms with Crippen molar-refractivity contribution in [2.45, 2.75) is 24.8 Å². The van der Waals surface area contributed by atoms with E-state index >= 15 is 0 Å². The predicted molar refractivity (Wildman–Crippen MR) is 49.5 cm³/mol. The van der Waals surface area contributed by atoms with E-state index < -0.39 is 0 Å². The first-order valence-corrected chi connectivity index (χ1v) is 4.93. The van der Waals surface area contributed by atoms with Gasteiger partial charge in [-0.15, -0.1) is 11.6 Å². The third kappa shape index (κ3) is 1.98. The Morgan fingerprint density at radius 1 is 1.62 bits per heavy atom. The lowest BCUT2D eigenvalue weighted by Gasteiger charge is -2.07. The van der Waals surface area contributed by atoms with Crippen LogP contribution in [0.5, 0.6) is 0 Å². The number of alkyl halides is 1. The van der Waals surface area contributed by atoms with Crippen molar-refractivity contribution in [3.63, 3.8) is 0 Å². The summed E-state index contributed by atoms with van der Waals surface area (Å²) in [6, 6.07) is 1.82. The summed E-state index contributed by atoms with van der Waals surface area (Å²) < 4.78 is 5.47. The summed E-state index contributed by atoms with van der Waals surface area (Å²) in [4.78, 5) is 8.48. The topological polar surface area (TPSA) is 35.0 Å². The van der Waals surface area contributed by atoms with Crippen LogP contribution in [0.1, 0.15) is 30.5 Å². The van der Waals surface area contributed by atoms with Gasteiger partial charge in [-0.3, -0.25) is 0 Å². The number of aromatic nitrogens is 2.